The molecule has 0 bridgehead atoms. The van der Waals surface area contributed by atoms with Gasteiger partial charge in [-0.2, -0.15) is 0 Å². The fourth-order valence-corrected chi connectivity index (χ4v) is 2.91. The quantitative estimate of drug-likeness (QED) is 0.599. The number of carbonyl (C=O) groups excluding carboxylic acids is 2. The Kier molecular flexibility index (Phi) is 2.33. The molecule has 0 aromatic carbocycles. The molecule has 0 amide bonds. The predicted octanol–water partition coefficient (Wildman–Crippen LogP) is 1.70. The summed E-state index contributed by atoms with van der Waals surface area (Å²) in [5.41, 5.74) is -0.314. The molecule has 3 nitrogen and oxygen atoms in total. The molecule has 0 aromatic heterocycles. The largest absolute Gasteiger partial charge is 0.469 e. The minimum absolute atomic E-state index is 0.139. The number of hydrogen-bond donors (Lipinski definition) is 0. The lowest BCUT2D eigenvalue weighted by Crippen LogP contribution is -2.54. The summed E-state index contributed by atoms with van der Waals surface area (Å²) in [5.74, 6) is -0.0422. The molecule has 78 valence electrons. The van der Waals surface area contributed by atoms with Gasteiger partial charge in [0, 0.05) is 11.8 Å². The number of ether oxygens (including phenoxy) is 1. The standard InChI is InChI=1S/C11H16O3/c1-14-10(13)8-7-9(12)11(8)5-3-2-4-6-11/h8H,2-7H2,1H3/t8-/m0/s1. The first-order valence-electron chi connectivity index (χ1n) is 5.32. The Morgan fingerprint density at radius 2 is 2.00 bits per heavy atom. The van der Waals surface area contributed by atoms with Crippen LogP contribution in [0.25, 0.3) is 0 Å². The number of ketones is 1. The predicted molar refractivity (Wildman–Crippen MR) is 50.6 cm³/mol. The van der Waals surface area contributed by atoms with Crippen molar-refractivity contribution in [1.82, 2.24) is 0 Å². The van der Waals surface area contributed by atoms with Crippen molar-refractivity contribution in [2.24, 2.45) is 11.3 Å². The van der Waals surface area contributed by atoms with E-state index in [2.05, 4.69) is 0 Å². The molecule has 0 aliphatic heterocycles. The number of methoxy groups -OCH3 is 1. The number of carbonyl (C=O) groups is 2. The molecule has 0 aromatic rings. The molecule has 14 heavy (non-hydrogen) atoms. The molecule has 2 rings (SSSR count). The fourth-order valence-electron chi connectivity index (χ4n) is 2.91. The SMILES string of the molecule is COC(=O)[C@@H]1CC(=O)C12CCCCC2. The number of Topliss-reactive ketones (excluding diaryl/α,β-unsaturated/α-hetero) is 1. The zero-order valence-corrected chi connectivity index (χ0v) is 8.54. The first-order valence-corrected chi connectivity index (χ1v) is 5.32. The van der Waals surface area contributed by atoms with Crippen molar-refractivity contribution in [3.8, 4) is 0 Å². The summed E-state index contributed by atoms with van der Waals surface area (Å²) in [6, 6.07) is 0. The van der Waals surface area contributed by atoms with Crippen LogP contribution < -0.4 is 0 Å². The summed E-state index contributed by atoms with van der Waals surface area (Å²) in [4.78, 5) is 23.1. The van der Waals surface area contributed by atoms with E-state index in [1.54, 1.807) is 0 Å². The van der Waals surface area contributed by atoms with Crippen molar-refractivity contribution >= 4 is 11.8 Å². The van der Waals surface area contributed by atoms with Crippen LogP contribution in [0.2, 0.25) is 0 Å². The van der Waals surface area contributed by atoms with Crippen LogP contribution in [0.4, 0.5) is 0 Å². The van der Waals surface area contributed by atoms with Gasteiger partial charge in [-0.1, -0.05) is 19.3 Å². The third kappa shape index (κ3) is 1.18. The van der Waals surface area contributed by atoms with E-state index in [0.29, 0.717) is 6.42 Å². The van der Waals surface area contributed by atoms with Crippen molar-refractivity contribution in [3.05, 3.63) is 0 Å². The molecule has 0 N–H and O–H groups in total. The van der Waals surface area contributed by atoms with Gasteiger partial charge in [0.05, 0.1) is 13.0 Å². The molecule has 0 saturated heterocycles. The Bertz CT molecular complexity index is 262. The van der Waals surface area contributed by atoms with E-state index in [4.69, 9.17) is 4.74 Å². The zero-order chi connectivity index (χ0) is 10.2. The van der Waals surface area contributed by atoms with Gasteiger partial charge >= 0.3 is 5.97 Å². The first kappa shape index (κ1) is 9.69. The Hall–Kier alpha value is -0.860. The van der Waals surface area contributed by atoms with E-state index >= 15 is 0 Å². The molecule has 0 radical (unpaired) electrons. The van der Waals surface area contributed by atoms with Crippen LogP contribution in [0, 0.1) is 11.3 Å². The van der Waals surface area contributed by atoms with Crippen molar-refractivity contribution in [2.45, 2.75) is 38.5 Å². The molecule has 2 aliphatic rings. The maximum absolute atomic E-state index is 11.6. The van der Waals surface area contributed by atoms with Crippen LogP contribution in [0.5, 0.6) is 0 Å². The van der Waals surface area contributed by atoms with Crippen LogP contribution in [-0.2, 0) is 14.3 Å². The lowest BCUT2D eigenvalue weighted by Gasteiger charge is -2.48. The molecular formula is C11H16O3. The third-order valence-electron chi connectivity index (χ3n) is 3.84. The summed E-state index contributed by atoms with van der Waals surface area (Å²) in [5, 5.41) is 0. The third-order valence-corrected chi connectivity index (χ3v) is 3.84. The van der Waals surface area contributed by atoms with Gasteiger partial charge in [0.25, 0.3) is 0 Å². The topological polar surface area (TPSA) is 43.4 Å². The maximum Gasteiger partial charge on any atom is 0.310 e. The van der Waals surface area contributed by atoms with Gasteiger partial charge in [-0.25, -0.2) is 0 Å². The average molecular weight is 196 g/mol. The minimum atomic E-state index is -0.314. The molecule has 2 fully saturated rings. The monoisotopic (exact) mass is 196 g/mol. The van der Waals surface area contributed by atoms with Crippen molar-refractivity contribution < 1.29 is 14.3 Å². The molecule has 2 saturated carbocycles. The Balaban J connectivity index is 2.14. The lowest BCUT2D eigenvalue weighted by atomic mass is 9.53. The van der Waals surface area contributed by atoms with E-state index < -0.39 is 0 Å². The molecule has 2 aliphatic carbocycles. The van der Waals surface area contributed by atoms with Gasteiger partial charge in [0.2, 0.25) is 0 Å². The highest BCUT2D eigenvalue weighted by Gasteiger charge is 2.58. The highest BCUT2D eigenvalue weighted by Crippen LogP contribution is 2.53. The Morgan fingerprint density at radius 1 is 1.36 bits per heavy atom. The van der Waals surface area contributed by atoms with Crippen molar-refractivity contribution in [3.63, 3.8) is 0 Å². The van der Waals surface area contributed by atoms with E-state index in [-0.39, 0.29) is 23.1 Å². The van der Waals surface area contributed by atoms with Gasteiger partial charge in [-0.15, -0.1) is 0 Å². The van der Waals surface area contributed by atoms with Gasteiger partial charge in [0.15, 0.2) is 0 Å². The Morgan fingerprint density at radius 3 is 2.50 bits per heavy atom. The summed E-state index contributed by atoms with van der Waals surface area (Å²) in [6.45, 7) is 0. The fraction of sp³-hybridized carbons (Fsp3) is 0.818. The van der Waals surface area contributed by atoms with E-state index in [1.807, 2.05) is 0 Å². The van der Waals surface area contributed by atoms with Crippen LogP contribution >= 0.6 is 0 Å². The minimum Gasteiger partial charge on any atom is -0.469 e. The zero-order valence-electron chi connectivity index (χ0n) is 8.54. The highest BCUT2D eigenvalue weighted by atomic mass is 16.5. The van der Waals surface area contributed by atoms with Crippen LogP contribution in [0.1, 0.15) is 38.5 Å². The second-order valence-electron chi connectivity index (χ2n) is 4.42. The highest BCUT2D eigenvalue weighted by molar-refractivity contribution is 5.99. The molecule has 3 heteroatoms. The van der Waals surface area contributed by atoms with Gasteiger partial charge in [-0.05, 0) is 12.8 Å². The van der Waals surface area contributed by atoms with E-state index in [0.717, 1.165) is 25.7 Å². The number of esters is 1. The van der Waals surface area contributed by atoms with E-state index in [1.165, 1.54) is 13.5 Å². The number of hydrogen-bond acceptors (Lipinski definition) is 3. The number of rotatable bonds is 1. The van der Waals surface area contributed by atoms with Gasteiger partial charge < -0.3 is 4.74 Å². The van der Waals surface area contributed by atoms with Gasteiger partial charge in [-0.3, -0.25) is 9.59 Å². The normalized spacial score (nSPS) is 29.8. The summed E-state index contributed by atoms with van der Waals surface area (Å²) in [6.07, 6.45) is 5.56. The summed E-state index contributed by atoms with van der Waals surface area (Å²) < 4.78 is 4.74. The first-order chi connectivity index (χ1) is 6.70. The van der Waals surface area contributed by atoms with Crippen LogP contribution in [0.3, 0.4) is 0 Å². The average Bonchev–Trinajstić information content (AvgIpc) is 2.26. The summed E-state index contributed by atoms with van der Waals surface area (Å²) in [7, 11) is 1.40. The van der Waals surface area contributed by atoms with E-state index in [9.17, 15) is 9.59 Å². The molecule has 0 heterocycles. The van der Waals surface area contributed by atoms with Crippen molar-refractivity contribution in [2.75, 3.05) is 7.11 Å². The van der Waals surface area contributed by atoms with Crippen LogP contribution in [0.15, 0.2) is 0 Å². The van der Waals surface area contributed by atoms with Gasteiger partial charge in [0.1, 0.15) is 5.78 Å². The lowest BCUT2D eigenvalue weighted by molar-refractivity contribution is -0.170. The summed E-state index contributed by atoms with van der Waals surface area (Å²) >= 11 is 0. The molecule has 1 atom stereocenters. The second-order valence-corrected chi connectivity index (χ2v) is 4.42. The Labute approximate surface area is 83.8 Å². The van der Waals surface area contributed by atoms with Crippen LogP contribution in [-0.4, -0.2) is 18.9 Å². The van der Waals surface area contributed by atoms with Crippen molar-refractivity contribution in [1.29, 1.82) is 0 Å². The second kappa shape index (κ2) is 3.37. The maximum atomic E-state index is 11.6. The molecule has 0 unspecified atom stereocenters. The molecular weight excluding hydrogens is 180 g/mol. The molecule has 1 spiro atoms. The smallest absolute Gasteiger partial charge is 0.310 e.